The van der Waals surface area contributed by atoms with Crippen LogP contribution >= 0.6 is 0 Å². The Hall–Kier alpha value is -2.49. The van der Waals surface area contributed by atoms with Gasteiger partial charge in [-0.25, -0.2) is 0 Å². The van der Waals surface area contributed by atoms with Gasteiger partial charge in [0, 0.05) is 12.1 Å². The van der Waals surface area contributed by atoms with Crippen molar-refractivity contribution in [2.24, 2.45) is 0 Å². The minimum Gasteiger partial charge on any atom is -0.454 e. The highest BCUT2D eigenvalue weighted by molar-refractivity contribution is 5.94. The van der Waals surface area contributed by atoms with Gasteiger partial charge in [0.1, 0.15) is 0 Å². The van der Waals surface area contributed by atoms with Gasteiger partial charge in [-0.1, -0.05) is 37.3 Å². The summed E-state index contributed by atoms with van der Waals surface area (Å²) in [5, 5.41) is 2.95. The Morgan fingerprint density at radius 3 is 2.71 bits per heavy atom. The van der Waals surface area contributed by atoms with Gasteiger partial charge in [0.15, 0.2) is 11.5 Å². The van der Waals surface area contributed by atoms with Crippen LogP contribution in [0.5, 0.6) is 11.5 Å². The van der Waals surface area contributed by atoms with Gasteiger partial charge in [-0.2, -0.15) is 0 Å². The molecular formula is C17H17NO3. The van der Waals surface area contributed by atoms with E-state index in [9.17, 15) is 4.79 Å². The molecule has 3 rings (SSSR count). The normalized spacial score (nSPS) is 13.8. The quantitative estimate of drug-likeness (QED) is 0.938. The first-order valence-electron chi connectivity index (χ1n) is 6.97. The van der Waals surface area contributed by atoms with Gasteiger partial charge < -0.3 is 14.8 Å². The third-order valence-electron chi connectivity index (χ3n) is 3.57. The predicted molar refractivity (Wildman–Crippen MR) is 79.8 cm³/mol. The molecule has 0 bridgehead atoms. The lowest BCUT2D eigenvalue weighted by atomic mass is 10.0. The van der Waals surface area contributed by atoms with Crippen LogP contribution in [0.15, 0.2) is 48.5 Å². The second kappa shape index (κ2) is 5.87. The fraction of sp³-hybridized carbons (Fsp3) is 0.235. The Balaban J connectivity index is 1.62. The molecule has 1 amide bonds. The monoisotopic (exact) mass is 283 g/mol. The van der Waals surface area contributed by atoms with E-state index in [1.807, 2.05) is 18.2 Å². The van der Waals surface area contributed by atoms with Gasteiger partial charge >= 0.3 is 0 Å². The number of carbonyl (C=O) groups is 1. The Morgan fingerprint density at radius 1 is 1.14 bits per heavy atom. The number of carbonyl (C=O) groups excluding carboxylic acids is 1. The van der Waals surface area contributed by atoms with Crippen molar-refractivity contribution in [3.05, 3.63) is 59.7 Å². The molecular weight excluding hydrogens is 266 g/mol. The van der Waals surface area contributed by atoms with E-state index in [1.54, 1.807) is 18.2 Å². The number of rotatable bonds is 4. The molecule has 0 saturated carbocycles. The second-order valence-corrected chi connectivity index (χ2v) is 5.09. The van der Waals surface area contributed by atoms with Crippen LogP contribution in [0.1, 0.15) is 28.8 Å². The fourth-order valence-corrected chi connectivity index (χ4v) is 2.29. The molecule has 0 fully saturated rings. The van der Waals surface area contributed by atoms with Crippen LogP contribution in [-0.2, 0) is 0 Å². The largest absolute Gasteiger partial charge is 0.454 e. The lowest BCUT2D eigenvalue weighted by molar-refractivity contribution is 0.0951. The van der Waals surface area contributed by atoms with Crippen LogP contribution in [0.25, 0.3) is 0 Å². The fourth-order valence-electron chi connectivity index (χ4n) is 2.29. The molecule has 4 nitrogen and oxygen atoms in total. The van der Waals surface area contributed by atoms with Crippen molar-refractivity contribution in [2.45, 2.75) is 12.8 Å². The van der Waals surface area contributed by atoms with Crippen LogP contribution in [0.3, 0.4) is 0 Å². The molecule has 0 aliphatic carbocycles. The van der Waals surface area contributed by atoms with Gasteiger partial charge in [0.2, 0.25) is 6.79 Å². The summed E-state index contributed by atoms with van der Waals surface area (Å²) in [5.74, 6) is 1.48. The number of amides is 1. The summed E-state index contributed by atoms with van der Waals surface area (Å²) in [4.78, 5) is 12.2. The molecule has 0 radical (unpaired) electrons. The Kier molecular flexibility index (Phi) is 3.77. The summed E-state index contributed by atoms with van der Waals surface area (Å²) in [6.45, 7) is 2.90. The van der Waals surface area contributed by atoms with E-state index >= 15 is 0 Å². The zero-order chi connectivity index (χ0) is 14.7. The van der Waals surface area contributed by atoms with Gasteiger partial charge in [0.05, 0.1) is 0 Å². The van der Waals surface area contributed by atoms with Gasteiger partial charge in [0.25, 0.3) is 5.91 Å². The van der Waals surface area contributed by atoms with Crippen molar-refractivity contribution in [3.63, 3.8) is 0 Å². The van der Waals surface area contributed by atoms with E-state index < -0.39 is 0 Å². The van der Waals surface area contributed by atoms with Crippen LogP contribution < -0.4 is 14.8 Å². The van der Waals surface area contributed by atoms with E-state index in [-0.39, 0.29) is 18.6 Å². The van der Waals surface area contributed by atoms with Crippen molar-refractivity contribution in [1.29, 1.82) is 0 Å². The van der Waals surface area contributed by atoms with Crippen molar-refractivity contribution in [2.75, 3.05) is 13.3 Å². The summed E-state index contributed by atoms with van der Waals surface area (Å²) in [6.07, 6.45) is 0. The van der Waals surface area contributed by atoms with Crippen LogP contribution in [-0.4, -0.2) is 19.2 Å². The third kappa shape index (κ3) is 2.99. The van der Waals surface area contributed by atoms with E-state index in [2.05, 4.69) is 24.4 Å². The Labute approximate surface area is 123 Å². The van der Waals surface area contributed by atoms with Crippen molar-refractivity contribution >= 4 is 5.91 Å². The standard InChI is InChI=1S/C17H17NO3/c1-12(13-5-3-2-4-6-13)10-18-17(19)14-7-8-15-16(9-14)21-11-20-15/h2-9,12H,10-11H2,1H3,(H,18,19). The predicted octanol–water partition coefficient (Wildman–Crippen LogP) is 2.95. The summed E-state index contributed by atoms with van der Waals surface area (Å²) in [5.41, 5.74) is 1.79. The number of hydrogen-bond acceptors (Lipinski definition) is 3. The second-order valence-electron chi connectivity index (χ2n) is 5.09. The minimum atomic E-state index is -0.101. The number of ether oxygens (including phenoxy) is 2. The molecule has 1 aliphatic heterocycles. The minimum absolute atomic E-state index is 0.101. The molecule has 2 aromatic carbocycles. The molecule has 1 atom stereocenters. The van der Waals surface area contributed by atoms with Crippen molar-refractivity contribution < 1.29 is 14.3 Å². The van der Waals surface area contributed by atoms with Gasteiger partial charge in [-0.05, 0) is 29.7 Å². The van der Waals surface area contributed by atoms with E-state index in [0.29, 0.717) is 23.6 Å². The summed E-state index contributed by atoms with van der Waals surface area (Å²) in [7, 11) is 0. The molecule has 21 heavy (non-hydrogen) atoms. The lowest BCUT2D eigenvalue weighted by Gasteiger charge is -2.13. The lowest BCUT2D eigenvalue weighted by Crippen LogP contribution is -2.27. The van der Waals surface area contributed by atoms with Gasteiger partial charge in [-0.15, -0.1) is 0 Å². The number of fused-ring (bicyclic) bond motifs is 1. The van der Waals surface area contributed by atoms with Crippen LogP contribution in [0.4, 0.5) is 0 Å². The molecule has 4 heteroatoms. The van der Waals surface area contributed by atoms with E-state index in [1.165, 1.54) is 5.56 Å². The molecule has 0 saturated heterocycles. The molecule has 0 aromatic heterocycles. The molecule has 1 heterocycles. The highest BCUT2D eigenvalue weighted by atomic mass is 16.7. The van der Waals surface area contributed by atoms with E-state index in [4.69, 9.17) is 9.47 Å². The average Bonchev–Trinajstić information content (AvgIpc) is 3.00. The molecule has 0 spiro atoms. The summed E-state index contributed by atoms with van der Waals surface area (Å²) >= 11 is 0. The molecule has 108 valence electrons. The Morgan fingerprint density at radius 2 is 1.90 bits per heavy atom. The highest BCUT2D eigenvalue weighted by Crippen LogP contribution is 2.32. The first-order chi connectivity index (χ1) is 10.2. The number of benzene rings is 2. The highest BCUT2D eigenvalue weighted by Gasteiger charge is 2.16. The zero-order valence-electron chi connectivity index (χ0n) is 11.8. The molecule has 1 aliphatic rings. The molecule has 1 N–H and O–H groups in total. The Bertz CT molecular complexity index is 640. The average molecular weight is 283 g/mol. The maximum atomic E-state index is 12.2. The van der Waals surface area contributed by atoms with Crippen LogP contribution in [0.2, 0.25) is 0 Å². The molecule has 1 unspecified atom stereocenters. The number of nitrogens with one attached hydrogen (secondary N) is 1. The zero-order valence-corrected chi connectivity index (χ0v) is 11.8. The first kappa shape index (κ1) is 13.5. The first-order valence-corrected chi connectivity index (χ1v) is 6.97. The summed E-state index contributed by atoms with van der Waals surface area (Å²) in [6, 6.07) is 15.4. The number of hydrogen-bond donors (Lipinski definition) is 1. The van der Waals surface area contributed by atoms with Crippen LogP contribution in [0, 0.1) is 0 Å². The van der Waals surface area contributed by atoms with Crippen molar-refractivity contribution in [1.82, 2.24) is 5.32 Å². The van der Waals surface area contributed by atoms with Gasteiger partial charge in [-0.3, -0.25) is 4.79 Å². The smallest absolute Gasteiger partial charge is 0.251 e. The third-order valence-corrected chi connectivity index (χ3v) is 3.57. The molecule has 2 aromatic rings. The maximum absolute atomic E-state index is 12.2. The summed E-state index contributed by atoms with van der Waals surface area (Å²) < 4.78 is 10.5. The van der Waals surface area contributed by atoms with Crippen molar-refractivity contribution in [3.8, 4) is 11.5 Å². The topological polar surface area (TPSA) is 47.6 Å². The van der Waals surface area contributed by atoms with E-state index in [0.717, 1.165) is 0 Å². The maximum Gasteiger partial charge on any atom is 0.251 e. The SMILES string of the molecule is CC(CNC(=O)c1ccc2c(c1)OCO2)c1ccccc1.